The second kappa shape index (κ2) is 8.94. The molecule has 0 saturated carbocycles. The number of piperidine rings is 1. The number of benzene rings is 2. The Labute approximate surface area is 182 Å². The van der Waals surface area contributed by atoms with E-state index in [4.69, 9.17) is 4.74 Å². The zero-order valence-corrected chi connectivity index (χ0v) is 17.7. The Bertz CT molecular complexity index is 911. The van der Waals surface area contributed by atoms with E-state index >= 15 is 0 Å². The van der Waals surface area contributed by atoms with Crippen molar-refractivity contribution in [3.63, 3.8) is 0 Å². The third-order valence-corrected chi connectivity index (χ3v) is 5.98. The Kier molecular flexibility index (Phi) is 6.81. The number of hydrogen-bond acceptors (Lipinski definition) is 3. The average molecular weight is 461 g/mol. The van der Waals surface area contributed by atoms with E-state index in [1.807, 2.05) is 4.90 Å². The highest BCUT2D eigenvalue weighted by Crippen LogP contribution is 2.42. The minimum absolute atomic E-state index is 0.0966. The SMILES string of the molecule is COc1ccccc1C(C)(Cc1cc(C(F)(F)F)cc(C(F)(F)F)c1)N1CCCC(O)C1. The van der Waals surface area contributed by atoms with Gasteiger partial charge in [0, 0.05) is 12.1 Å². The second-order valence-corrected chi connectivity index (χ2v) is 8.31. The maximum absolute atomic E-state index is 13.4. The molecule has 1 heterocycles. The van der Waals surface area contributed by atoms with Crippen LogP contribution in [-0.4, -0.2) is 36.3 Å². The van der Waals surface area contributed by atoms with Crippen molar-refractivity contribution in [1.82, 2.24) is 4.90 Å². The van der Waals surface area contributed by atoms with Gasteiger partial charge >= 0.3 is 12.4 Å². The standard InChI is InChI=1S/C23H25F6NO2/c1-21(30-9-5-6-18(31)14-30,19-7-3-4-8-20(19)32-2)13-15-10-16(22(24,25)26)12-17(11-15)23(27,28)29/h3-4,7-8,10-12,18,31H,5-6,9,13-14H2,1-2H3. The van der Waals surface area contributed by atoms with Crippen molar-refractivity contribution in [2.24, 2.45) is 0 Å². The number of rotatable bonds is 5. The van der Waals surface area contributed by atoms with Crippen molar-refractivity contribution in [2.75, 3.05) is 20.2 Å². The monoisotopic (exact) mass is 461 g/mol. The fourth-order valence-electron chi connectivity index (χ4n) is 4.39. The number of halogens is 6. The van der Waals surface area contributed by atoms with Gasteiger partial charge in [-0.1, -0.05) is 18.2 Å². The Morgan fingerprint density at radius 1 is 1.00 bits per heavy atom. The molecule has 1 N–H and O–H groups in total. The summed E-state index contributed by atoms with van der Waals surface area (Å²) in [6, 6.07) is 8.59. The number of para-hydroxylation sites is 1. The highest BCUT2D eigenvalue weighted by Gasteiger charge is 2.41. The van der Waals surface area contributed by atoms with Crippen molar-refractivity contribution in [1.29, 1.82) is 0 Å². The molecule has 0 aromatic heterocycles. The first-order chi connectivity index (χ1) is 14.8. The van der Waals surface area contributed by atoms with Crippen LogP contribution >= 0.6 is 0 Å². The van der Waals surface area contributed by atoms with Gasteiger partial charge in [-0.25, -0.2) is 0 Å². The van der Waals surface area contributed by atoms with E-state index in [9.17, 15) is 31.4 Å². The summed E-state index contributed by atoms with van der Waals surface area (Å²) in [5.74, 6) is 0.470. The molecule has 0 spiro atoms. The number of aliphatic hydroxyl groups is 1. The number of hydrogen-bond donors (Lipinski definition) is 1. The summed E-state index contributed by atoms with van der Waals surface area (Å²) in [4.78, 5) is 1.91. The van der Waals surface area contributed by atoms with Gasteiger partial charge in [-0.2, -0.15) is 26.3 Å². The first-order valence-electron chi connectivity index (χ1n) is 10.2. The lowest BCUT2D eigenvalue weighted by Gasteiger charge is -2.46. The third kappa shape index (κ3) is 5.20. The maximum atomic E-state index is 13.4. The normalized spacial score (nSPS) is 20.1. The molecule has 2 atom stereocenters. The van der Waals surface area contributed by atoms with Crippen LogP contribution in [0.1, 0.15) is 42.0 Å². The molecule has 2 aromatic rings. The zero-order chi connectivity index (χ0) is 23.7. The van der Waals surface area contributed by atoms with Crippen LogP contribution in [0.3, 0.4) is 0 Å². The van der Waals surface area contributed by atoms with Crippen molar-refractivity contribution >= 4 is 0 Å². The van der Waals surface area contributed by atoms with Crippen LogP contribution in [0.4, 0.5) is 26.3 Å². The predicted octanol–water partition coefficient (Wildman–Crippen LogP) is 5.65. The zero-order valence-electron chi connectivity index (χ0n) is 17.7. The molecule has 0 amide bonds. The van der Waals surface area contributed by atoms with E-state index in [2.05, 4.69) is 0 Å². The molecule has 1 aliphatic heterocycles. The molecule has 1 fully saturated rings. The Morgan fingerprint density at radius 3 is 2.12 bits per heavy atom. The first-order valence-corrected chi connectivity index (χ1v) is 10.2. The average Bonchev–Trinajstić information content (AvgIpc) is 2.72. The highest BCUT2D eigenvalue weighted by molar-refractivity contribution is 5.42. The lowest BCUT2D eigenvalue weighted by Crippen LogP contribution is -2.51. The predicted molar refractivity (Wildman–Crippen MR) is 107 cm³/mol. The first kappa shape index (κ1) is 24.4. The van der Waals surface area contributed by atoms with Gasteiger partial charge in [-0.05, 0) is 62.6 Å². The molecular weight excluding hydrogens is 436 g/mol. The van der Waals surface area contributed by atoms with Gasteiger partial charge in [0.25, 0.3) is 0 Å². The fourth-order valence-corrected chi connectivity index (χ4v) is 4.39. The molecule has 1 saturated heterocycles. The van der Waals surface area contributed by atoms with Crippen molar-refractivity contribution in [3.05, 3.63) is 64.7 Å². The molecule has 2 unspecified atom stereocenters. The number of likely N-dealkylation sites (tertiary alicyclic amines) is 1. The van der Waals surface area contributed by atoms with Crippen molar-refractivity contribution in [2.45, 2.75) is 50.2 Å². The third-order valence-electron chi connectivity index (χ3n) is 5.98. The molecule has 2 aromatic carbocycles. The number of nitrogens with zero attached hydrogens (tertiary/aromatic N) is 1. The Balaban J connectivity index is 2.15. The molecular formula is C23H25F6NO2. The fraction of sp³-hybridized carbons (Fsp3) is 0.478. The summed E-state index contributed by atoms with van der Waals surface area (Å²) < 4.78 is 85.8. The van der Waals surface area contributed by atoms with Crippen LogP contribution in [0.15, 0.2) is 42.5 Å². The molecule has 0 radical (unpaired) electrons. The van der Waals surface area contributed by atoms with Gasteiger partial charge in [0.05, 0.1) is 29.9 Å². The number of methoxy groups -OCH3 is 1. The molecule has 1 aliphatic rings. The van der Waals surface area contributed by atoms with E-state index in [1.54, 1.807) is 31.2 Å². The van der Waals surface area contributed by atoms with Gasteiger partial charge in [-0.3, -0.25) is 4.90 Å². The Morgan fingerprint density at radius 2 is 1.59 bits per heavy atom. The molecule has 9 heteroatoms. The highest BCUT2D eigenvalue weighted by atomic mass is 19.4. The molecule has 176 valence electrons. The smallest absolute Gasteiger partial charge is 0.416 e. The summed E-state index contributed by atoms with van der Waals surface area (Å²) in [6.45, 7) is 2.55. The van der Waals surface area contributed by atoms with E-state index in [-0.39, 0.29) is 24.6 Å². The minimum atomic E-state index is -4.92. The molecule has 0 aliphatic carbocycles. The van der Waals surface area contributed by atoms with Gasteiger partial charge in [0.1, 0.15) is 5.75 Å². The summed E-state index contributed by atoms with van der Waals surface area (Å²) in [5.41, 5.74) is -3.17. The molecule has 3 rings (SSSR count). The van der Waals surface area contributed by atoms with E-state index < -0.39 is 35.1 Å². The maximum Gasteiger partial charge on any atom is 0.416 e. The van der Waals surface area contributed by atoms with Gasteiger partial charge in [0.2, 0.25) is 0 Å². The topological polar surface area (TPSA) is 32.7 Å². The van der Waals surface area contributed by atoms with Gasteiger partial charge in [0.15, 0.2) is 0 Å². The van der Waals surface area contributed by atoms with Crippen LogP contribution in [0.5, 0.6) is 5.75 Å². The molecule has 3 nitrogen and oxygen atoms in total. The Hall–Kier alpha value is -2.26. The van der Waals surface area contributed by atoms with E-state index in [0.29, 0.717) is 30.7 Å². The van der Waals surface area contributed by atoms with Crippen LogP contribution in [0.2, 0.25) is 0 Å². The number of β-amino-alcohol motifs (C(OH)–C–C–N with tert-alkyl or cyclic N) is 1. The van der Waals surface area contributed by atoms with Crippen LogP contribution < -0.4 is 4.74 Å². The lowest BCUT2D eigenvalue weighted by molar-refractivity contribution is -0.143. The van der Waals surface area contributed by atoms with Crippen molar-refractivity contribution in [3.8, 4) is 5.75 Å². The molecule has 32 heavy (non-hydrogen) atoms. The summed E-state index contributed by atoms with van der Waals surface area (Å²) in [7, 11) is 1.45. The summed E-state index contributed by atoms with van der Waals surface area (Å²) in [6.07, 6.45) is -9.36. The number of aliphatic hydroxyl groups excluding tert-OH is 1. The van der Waals surface area contributed by atoms with Crippen LogP contribution in [0.25, 0.3) is 0 Å². The lowest BCUT2D eigenvalue weighted by atomic mass is 9.81. The quantitative estimate of drug-likeness (QED) is 0.585. The van der Waals surface area contributed by atoms with Gasteiger partial charge < -0.3 is 9.84 Å². The van der Waals surface area contributed by atoms with Crippen LogP contribution in [0, 0.1) is 0 Å². The van der Waals surface area contributed by atoms with Crippen LogP contribution in [-0.2, 0) is 24.3 Å². The van der Waals surface area contributed by atoms with E-state index in [0.717, 1.165) is 12.1 Å². The van der Waals surface area contributed by atoms with E-state index in [1.165, 1.54) is 7.11 Å². The minimum Gasteiger partial charge on any atom is -0.496 e. The largest absolute Gasteiger partial charge is 0.496 e. The number of ether oxygens (including phenoxy) is 1. The molecule has 0 bridgehead atoms. The number of alkyl halides is 6. The summed E-state index contributed by atoms with van der Waals surface area (Å²) >= 11 is 0. The van der Waals surface area contributed by atoms with Gasteiger partial charge in [-0.15, -0.1) is 0 Å². The summed E-state index contributed by atoms with van der Waals surface area (Å²) in [5, 5.41) is 10.2. The second-order valence-electron chi connectivity index (χ2n) is 8.31. The van der Waals surface area contributed by atoms with Crippen molar-refractivity contribution < 1.29 is 36.2 Å².